The van der Waals surface area contributed by atoms with E-state index in [1.807, 2.05) is 48.5 Å². The number of alkyl carbamates (subject to hydrolysis) is 1. The van der Waals surface area contributed by atoms with Crippen molar-refractivity contribution in [2.45, 2.75) is 44.7 Å². The number of rotatable bonds is 8. The van der Waals surface area contributed by atoms with Crippen LogP contribution in [0.25, 0.3) is 11.1 Å². The summed E-state index contributed by atoms with van der Waals surface area (Å²) in [4.78, 5) is 48.0. The van der Waals surface area contributed by atoms with Gasteiger partial charge in [-0.1, -0.05) is 48.5 Å². The molecule has 34 heavy (non-hydrogen) atoms. The maximum Gasteiger partial charge on any atom is 0.407 e. The zero-order valence-corrected chi connectivity index (χ0v) is 19.4. The number of amides is 3. The fourth-order valence-electron chi connectivity index (χ4n) is 3.92. The van der Waals surface area contributed by atoms with Crippen molar-refractivity contribution in [3.05, 3.63) is 59.7 Å². The number of fused-ring (bicyclic) bond motifs is 3. The summed E-state index contributed by atoms with van der Waals surface area (Å²) in [6.07, 6.45) is -1.57. The van der Waals surface area contributed by atoms with Crippen LogP contribution in [-0.4, -0.2) is 53.7 Å². The van der Waals surface area contributed by atoms with E-state index in [1.54, 1.807) is 20.8 Å². The lowest BCUT2D eigenvalue weighted by molar-refractivity contribution is -0.139. The Labute approximate surface area is 197 Å². The van der Waals surface area contributed by atoms with Gasteiger partial charge >= 0.3 is 12.1 Å². The summed E-state index contributed by atoms with van der Waals surface area (Å²) in [5.74, 6) is -2.68. The number of nitrogens with one attached hydrogen (secondary N) is 3. The van der Waals surface area contributed by atoms with Crippen molar-refractivity contribution >= 4 is 23.9 Å². The lowest BCUT2D eigenvalue weighted by Gasteiger charge is -2.21. The van der Waals surface area contributed by atoms with Gasteiger partial charge in [-0.2, -0.15) is 0 Å². The van der Waals surface area contributed by atoms with Crippen molar-refractivity contribution in [2.24, 2.45) is 0 Å². The third-order valence-electron chi connectivity index (χ3n) is 5.27. The lowest BCUT2D eigenvalue weighted by Crippen LogP contribution is -2.51. The molecule has 180 valence electrons. The van der Waals surface area contributed by atoms with Gasteiger partial charge in [-0.25, -0.2) is 4.79 Å². The Bertz CT molecular complexity index is 1050. The number of benzene rings is 2. The van der Waals surface area contributed by atoms with Crippen LogP contribution in [0.2, 0.25) is 0 Å². The second-order valence-corrected chi connectivity index (χ2v) is 9.14. The number of carbonyl (C=O) groups excluding carboxylic acids is 3. The minimum atomic E-state index is -1.39. The molecule has 0 saturated heterocycles. The van der Waals surface area contributed by atoms with Crippen LogP contribution in [0.15, 0.2) is 48.5 Å². The number of hydrogen-bond donors (Lipinski definition) is 4. The highest BCUT2D eigenvalue weighted by Gasteiger charge is 2.30. The molecule has 1 unspecified atom stereocenters. The molecule has 1 aliphatic carbocycles. The van der Waals surface area contributed by atoms with Crippen LogP contribution < -0.4 is 16.0 Å². The van der Waals surface area contributed by atoms with E-state index in [-0.39, 0.29) is 19.1 Å². The van der Waals surface area contributed by atoms with Gasteiger partial charge in [0, 0.05) is 11.5 Å². The number of carbonyl (C=O) groups is 4. The number of carboxylic acid groups (broad SMARTS) is 1. The quantitative estimate of drug-likeness (QED) is 0.471. The van der Waals surface area contributed by atoms with Crippen LogP contribution in [0.5, 0.6) is 0 Å². The summed E-state index contributed by atoms with van der Waals surface area (Å²) in [6.45, 7) is 5.05. The molecular formula is C25H29N3O6. The molecule has 1 aliphatic rings. The zero-order chi connectivity index (χ0) is 24.9. The second-order valence-electron chi connectivity index (χ2n) is 9.14. The van der Waals surface area contributed by atoms with Gasteiger partial charge in [0.1, 0.15) is 12.6 Å². The molecular weight excluding hydrogens is 438 g/mol. The molecule has 0 aliphatic heterocycles. The molecule has 0 bridgehead atoms. The van der Waals surface area contributed by atoms with Crippen LogP contribution >= 0.6 is 0 Å². The minimum absolute atomic E-state index is 0.0231. The molecule has 0 fully saturated rings. The Morgan fingerprint density at radius 1 is 0.971 bits per heavy atom. The predicted octanol–water partition coefficient (Wildman–Crippen LogP) is 2.40. The summed E-state index contributed by atoms with van der Waals surface area (Å²) in [7, 11) is 0. The fourth-order valence-corrected chi connectivity index (χ4v) is 3.92. The van der Waals surface area contributed by atoms with Gasteiger partial charge in [0.2, 0.25) is 11.8 Å². The molecule has 3 amide bonds. The normalized spacial score (nSPS) is 13.3. The Hall–Kier alpha value is -3.88. The van der Waals surface area contributed by atoms with Crippen LogP contribution in [0, 0.1) is 0 Å². The maximum absolute atomic E-state index is 12.5. The standard InChI is InChI=1S/C25H29N3O6/c1-25(2,3)28-21(29)13-26-23(32)20(12-22(30)31)27-24(33)34-14-19-17-10-6-4-8-15(17)16-9-5-7-11-18(16)19/h4-11,19-20H,12-14H2,1-3H3,(H,26,32)(H,27,33)(H,28,29)(H,30,31). The largest absolute Gasteiger partial charge is 0.481 e. The monoisotopic (exact) mass is 467 g/mol. The fraction of sp³-hybridized carbons (Fsp3) is 0.360. The zero-order valence-electron chi connectivity index (χ0n) is 19.4. The van der Waals surface area contributed by atoms with Crippen molar-refractivity contribution in [3.8, 4) is 11.1 Å². The Kier molecular flexibility index (Phi) is 7.55. The van der Waals surface area contributed by atoms with Crippen molar-refractivity contribution in [3.63, 3.8) is 0 Å². The first kappa shape index (κ1) is 24.8. The average Bonchev–Trinajstić information content (AvgIpc) is 3.08. The van der Waals surface area contributed by atoms with Gasteiger partial charge < -0.3 is 25.8 Å². The third kappa shape index (κ3) is 6.34. The van der Waals surface area contributed by atoms with Crippen LogP contribution in [0.1, 0.15) is 44.2 Å². The molecule has 1 atom stereocenters. The van der Waals surface area contributed by atoms with Crippen molar-refractivity contribution < 1.29 is 29.0 Å². The van der Waals surface area contributed by atoms with Gasteiger partial charge in [-0.3, -0.25) is 14.4 Å². The molecule has 9 heteroatoms. The predicted molar refractivity (Wildman–Crippen MR) is 125 cm³/mol. The van der Waals surface area contributed by atoms with Gasteiger partial charge in [-0.05, 0) is 43.0 Å². The van der Waals surface area contributed by atoms with Crippen molar-refractivity contribution in [2.75, 3.05) is 13.2 Å². The minimum Gasteiger partial charge on any atom is -0.481 e. The topological polar surface area (TPSA) is 134 Å². The van der Waals surface area contributed by atoms with Crippen molar-refractivity contribution in [1.29, 1.82) is 0 Å². The summed E-state index contributed by atoms with van der Waals surface area (Å²) < 4.78 is 5.39. The highest BCUT2D eigenvalue weighted by Crippen LogP contribution is 2.44. The molecule has 0 radical (unpaired) electrons. The highest BCUT2D eigenvalue weighted by atomic mass is 16.5. The summed E-state index contributed by atoms with van der Waals surface area (Å²) >= 11 is 0. The molecule has 0 saturated carbocycles. The summed E-state index contributed by atoms with van der Waals surface area (Å²) in [5, 5.41) is 16.5. The maximum atomic E-state index is 12.5. The van der Waals surface area contributed by atoms with Gasteiger partial charge in [0.25, 0.3) is 0 Å². The Balaban J connectivity index is 1.60. The molecule has 9 nitrogen and oxygen atoms in total. The van der Waals surface area contributed by atoms with Crippen LogP contribution in [0.3, 0.4) is 0 Å². The molecule has 0 heterocycles. The van der Waals surface area contributed by atoms with E-state index in [4.69, 9.17) is 9.84 Å². The van der Waals surface area contributed by atoms with Gasteiger partial charge in [0.15, 0.2) is 0 Å². The summed E-state index contributed by atoms with van der Waals surface area (Å²) in [6, 6.07) is 14.3. The smallest absolute Gasteiger partial charge is 0.407 e. The first-order valence-electron chi connectivity index (χ1n) is 11.0. The van der Waals surface area contributed by atoms with E-state index < -0.39 is 41.9 Å². The Morgan fingerprint density at radius 3 is 2.06 bits per heavy atom. The summed E-state index contributed by atoms with van der Waals surface area (Å²) in [5.41, 5.74) is 3.72. The Morgan fingerprint density at radius 2 is 1.53 bits per heavy atom. The molecule has 3 rings (SSSR count). The van der Waals surface area contributed by atoms with E-state index in [2.05, 4.69) is 16.0 Å². The van der Waals surface area contributed by atoms with E-state index in [0.29, 0.717) is 0 Å². The SMILES string of the molecule is CC(C)(C)NC(=O)CNC(=O)C(CC(=O)O)NC(=O)OCC1c2ccccc2-c2ccccc21. The number of carboxylic acids is 1. The van der Waals surface area contributed by atoms with E-state index in [0.717, 1.165) is 22.3 Å². The molecule has 2 aromatic carbocycles. The van der Waals surface area contributed by atoms with Gasteiger partial charge in [-0.15, -0.1) is 0 Å². The average molecular weight is 468 g/mol. The highest BCUT2D eigenvalue weighted by molar-refractivity contribution is 5.92. The first-order valence-corrected chi connectivity index (χ1v) is 11.0. The second kappa shape index (κ2) is 10.4. The number of hydrogen-bond acceptors (Lipinski definition) is 5. The van der Waals surface area contributed by atoms with E-state index in [9.17, 15) is 19.2 Å². The van der Waals surface area contributed by atoms with E-state index in [1.165, 1.54) is 0 Å². The molecule has 0 spiro atoms. The number of aliphatic carboxylic acids is 1. The third-order valence-corrected chi connectivity index (χ3v) is 5.27. The molecule has 2 aromatic rings. The van der Waals surface area contributed by atoms with Crippen LogP contribution in [0.4, 0.5) is 4.79 Å². The van der Waals surface area contributed by atoms with Crippen molar-refractivity contribution in [1.82, 2.24) is 16.0 Å². The molecule has 4 N–H and O–H groups in total. The lowest BCUT2D eigenvalue weighted by atomic mass is 9.98. The van der Waals surface area contributed by atoms with Gasteiger partial charge in [0.05, 0.1) is 13.0 Å². The number of ether oxygens (including phenoxy) is 1. The molecule has 0 aromatic heterocycles. The van der Waals surface area contributed by atoms with E-state index >= 15 is 0 Å². The van der Waals surface area contributed by atoms with Crippen LogP contribution in [-0.2, 0) is 19.1 Å². The first-order chi connectivity index (χ1) is 16.0.